The average Bonchev–Trinajstić information content (AvgIpc) is 3.37. The maximum absolute atomic E-state index is 12.9. The molecule has 1 aromatic carbocycles. The van der Waals surface area contributed by atoms with Gasteiger partial charge in [-0.25, -0.2) is 4.79 Å². The van der Waals surface area contributed by atoms with Gasteiger partial charge in [0, 0.05) is 0 Å². The standard InChI is InChI=1S/C22H20N4O4S/c1-22(12-11-14-6-3-2-4-7-14)20(29)26(21(30)24-22)25-19(28)15-9-10-16(23-18(15)27)17-8-5-13-31-17/h2-10,13H,11-12H2,1H3,(H,23,27)(H,24,30)(H,25,28). The van der Waals surface area contributed by atoms with Gasteiger partial charge in [-0.3, -0.25) is 19.8 Å². The lowest BCUT2D eigenvalue weighted by molar-refractivity contribution is -0.132. The number of carbonyl (C=O) groups excluding carboxylic acids is 3. The number of imide groups is 1. The van der Waals surface area contributed by atoms with Gasteiger partial charge in [-0.1, -0.05) is 36.4 Å². The van der Waals surface area contributed by atoms with Crippen LogP contribution in [0.2, 0.25) is 0 Å². The molecule has 1 unspecified atom stereocenters. The summed E-state index contributed by atoms with van der Waals surface area (Å²) in [6.07, 6.45) is 0.943. The van der Waals surface area contributed by atoms with E-state index in [4.69, 9.17) is 0 Å². The quantitative estimate of drug-likeness (QED) is 0.516. The van der Waals surface area contributed by atoms with Crippen LogP contribution in [0.1, 0.15) is 29.3 Å². The molecule has 0 spiro atoms. The summed E-state index contributed by atoms with van der Waals surface area (Å²) in [6.45, 7) is 1.62. The van der Waals surface area contributed by atoms with Gasteiger partial charge in [-0.2, -0.15) is 5.01 Å². The number of benzene rings is 1. The van der Waals surface area contributed by atoms with Crippen LogP contribution in [0.25, 0.3) is 10.6 Å². The third kappa shape index (κ3) is 4.13. The van der Waals surface area contributed by atoms with Crippen molar-refractivity contribution >= 4 is 29.2 Å². The molecule has 1 saturated heterocycles. The molecule has 3 N–H and O–H groups in total. The molecule has 3 aromatic rings. The SMILES string of the molecule is CC1(CCc2ccccc2)NC(=O)N(NC(=O)c2ccc(-c3cccs3)[nH]c2=O)C1=O. The molecule has 0 radical (unpaired) electrons. The molecule has 0 aliphatic carbocycles. The average molecular weight is 436 g/mol. The number of amides is 4. The van der Waals surface area contributed by atoms with Gasteiger partial charge in [0.25, 0.3) is 17.4 Å². The minimum Gasteiger partial charge on any atom is -0.322 e. The summed E-state index contributed by atoms with van der Waals surface area (Å²) < 4.78 is 0. The number of aromatic amines is 1. The molecule has 1 fully saturated rings. The number of aromatic nitrogens is 1. The number of urea groups is 1. The molecule has 31 heavy (non-hydrogen) atoms. The summed E-state index contributed by atoms with van der Waals surface area (Å²) in [6, 6.07) is 15.5. The largest absolute Gasteiger partial charge is 0.344 e. The van der Waals surface area contributed by atoms with Crippen molar-refractivity contribution in [1.29, 1.82) is 0 Å². The number of hydrogen-bond acceptors (Lipinski definition) is 5. The number of thiophene rings is 1. The van der Waals surface area contributed by atoms with Gasteiger partial charge in [0.15, 0.2) is 0 Å². The van der Waals surface area contributed by atoms with Crippen LogP contribution in [-0.2, 0) is 11.2 Å². The van der Waals surface area contributed by atoms with Gasteiger partial charge in [0.05, 0.1) is 10.6 Å². The molecule has 1 atom stereocenters. The van der Waals surface area contributed by atoms with Gasteiger partial charge in [0.2, 0.25) is 0 Å². The molecule has 9 heteroatoms. The van der Waals surface area contributed by atoms with E-state index >= 15 is 0 Å². The first-order valence-corrected chi connectivity index (χ1v) is 10.5. The van der Waals surface area contributed by atoms with E-state index in [1.54, 1.807) is 13.0 Å². The zero-order valence-corrected chi connectivity index (χ0v) is 17.5. The first kappa shape index (κ1) is 20.5. The molecule has 3 heterocycles. The first-order chi connectivity index (χ1) is 14.9. The molecule has 4 rings (SSSR count). The van der Waals surface area contributed by atoms with Crippen molar-refractivity contribution in [2.45, 2.75) is 25.3 Å². The van der Waals surface area contributed by atoms with E-state index in [0.717, 1.165) is 10.4 Å². The lowest BCUT2D eigenvalue weighted by atomic mass is 9.93. The van der Waals surface area contributed by atoms with E-state index in [2.05, 4.69) is 15.7 Å². The van der Waals surface area contributed by atoms with Gasteiger partial charge in [0.1, 0.15) is 11.1 Å². The highest BCUT2D eigenvalue weighted by Gasteiger charge is 2.48. The molecule has 0 bridgehead atoms. The Balaban J connectivity index is 1.46. The number of H-pyrrole nitrogens is 1. The molecule has 0 saturated carbocycles. The minimum absolute atomic E-state index is 0.196. The van der Waals surface area contributed by atoms with E-state index in [9.17, 15) is 19.2 Å². The maximum atomic E-state index is 12.9. The highest BCUT2D eigenvalue weighted by atomic mass is 32.1. The Morgan fingerprint density at radius 2 is 1.84 bits per heavy atom. The van der Waals surface area contributed by atoms with Crippen molar-refractivity contribution in [3.8, 4) is 10.6 Å². The van der Waals surface area contributed by atoms with Crippen LogP contribution >= 0.6 is 11.3 Å². The molecule has 1 aliphatic heterocycles. The summed E-state index contributed by atoms with van der Waals surface area (Å²) in [4.78, 5) is 53.7. The smallest absolute Gasteiger partial charge is 0.322 e. The Bertz CT molecular complexity index is 1190. The Labute approximate surface area is 181 Å². The Morgan fingerprint density at radius 1 is 1.06 bits per heavy atom. The Kier molecular flexibility index (Phi) is 5.43. The van der Waals surface area contributed by atoms with E-state index in [0.29, 0.717) is 23.5 Å². The Morgan fingerprint density at radius 3 is 2.52 bits per heavy atom. The third-order valence-corrected chi connectivity index (χ3v) is 6.07. The molecule has 8 nitrogen and oxygen atoms in total. The highest BCUT2D eigenvalue weighted by Crippen LogP contribution is 2.23. The summed E-state index contributed by atoms with van der Waals surface area (Å²) in [7, 11) is 0. The van der Waals surface area contributed by atoms with Crippen molar-refractivity contribution in [1.82, 2.24) is 20.7 Å². The summed E-state index contributed by atoms with van der Waals surface area (Å²) >= 11 is 1.45. The van der Waals surface area contributed by atoms with Crippen LogP contribution < -0.4 is 16.3 Å². The van der Waals surface area contributed by atoms with Crippen LogP contribution in [0.5, 0.6) is 0 Å². The van der Waals surface area contributed by atoms with Gasteiger partial charge < -0.3 is 10.3 Å². The second-order valence-electron chi connectivity index (χ2n) is 7.42. The number of hydrogen-bond donors (Lipinski definition) is 3. The molecular weight excluding hydrogens is 416 g/mol. The minimum atomic E-state index is -1.16. The second-order valence-corrected chi connectivity index (χ2v) is 8.37. The van der Waals surface area contributed by atoms with Crippen LogP contribution in [0.15, 0.2) is 64.8 Å². The molecule has 158 valence electrons. The van der Waals surface area contributed by atoms with Crippen LogP contribution in [0.4, 0.5) is 4.79 Å². The van der Waals surface area contributed by atoms with E-state index in [1.165, 1.54) is 17.4 Å². The fourth-order valence-electron chi connectivity index (χ4n) is 3.38. The summed E-state index contributed by atoms with van der Waals surface area (Å²) in [5.74, 6) is -1.41. The molecular formula is C22H20N4O4S. The third-order valence-electron chi connectivity index (χ3n) is 5.17. The number of aryl methyl sites for hydroxylation is 1. The van der Waals surface area contributed by atoms with Gasteiger partial charge in [-0.15, -0.1) is 11.3 Å². The van der Waals surface area contributed by atoms with E-state index in [-0.39, 0.29) is 5.56 Å². The van der Waals surface area contributed by atoms with Crippen molar-refractivity contribution < 1.29 is 14.4 Å². The number of nitrogens with zero attached hydrogens (tertiary/aromatic N) is 1. The number of rotatable bonds is 6. The number of pyridine rings is 1. The van der Waals surface area contributed by atoms with Crippen molar-refractivity contribution in [2.24, 2.45) is 0 Å². The number of nitrogens with one attached hydrogen (secondary N) is 3. The Hall–Kier alpha value is -3.72. The van der Waals surface area contributed by atoms with E-state index in [1.807, 2.05) is 47.8 Å². The summed E-state index contributed by atoms with van der Waals surface area (Å²) in [5.41, 5.74) is 1.91. The predicted molar refractivity (Wildman–Crippen MR) is 116 cm³/mol. The second kappa shape index (κ2) is 8.19. The lowest BCUT2D eigenvalue weighted by Gasteiger charge is -2.21. The normalized spacial score (nSPS) is 18.2. The highest BCUT2D eigenvalue weighted by molar-refractivity contribution is 7.13. The van der Waals surface area contributed by atoms with Gasteiger partial charge in [-0.05, 0) is 48.9 Å². The maximum Gasteiger partial charge on any atom is 0.344 e. The van der Waals surface area contributed by atoms with Crippen LogP contribution in [0, 0.1) is 0 Å². The number of carbonyl (C=O) groups is 3. The molecule has 2 aromatic heterocycles. The van der Waals surface area contributed by atoms with Crippen molar-refractivity contribution in [3.63, 3.8) is 0 Å². The topological polar surface area (TPSA) is 111 Å². The monoisotopic (exact) mass is 436 g/mol. The molecule has 1 aliphatic rings. The summed E-state index contributed by atoms with van der Waals surface area (Å²) in [5, 5.41) is 5.15. The van der Waals surface area contributed by atoms with Crippen LogP contribution in [0.3, 0.4) is 0 Å². The fourth-order valence-corrected chi connectivity index (χ4v) is 4.09. The predicted octanol–water partition coefficient (Wildman–Crippen LogP) is 2.69. The zero-order chi connectivity index (χ0) is 22.0. The van der Waals surface area contributed by atoms with E-state index < -0.39 is 28.9 Å². The zero-order valence-electron chi connectivity index (χ0n) is 16.7. The number of hydrazine groups is 1. The first-order valence-electron chi connectivity index (χ1n) is 9.66. The van der Waals surface area contributed by atoms with Crippen molar-refractivity contribution in [3.05, 3.63) is 81.5 Å². The van der Waals surface area contributed by atoms with Crippen molar-refractivity contribution in [2.75, 3.05) is 0 Å². The lowest BCUT2D eigenvalue weighted by Crippen LogP contribution is -2.49. The van der Waals surface area contributed by atoms with Gasteiger partial charge >= 0.3 is 6.03 Å². The molecule has 4 amide bonds. The van der Waals surface area contributed by atoms with Crippen LogP contribution in [-0.4, -0.2) is 33.4 Å². The fraction of sp³-hybridized carbons (Fsp3) is 0.182.